The van der Waals surface area contributed by atoms with E-state index in [-0.39, 0.29) is 23.8 Å². The van der Waals surface area contributed by atoms with E-state index < -0.39 is 11.8 Å². The molecule has 3 nitrogen and oxygen atoms in total. The largest absolute Gasteiger partial charge is 0.393 e. The highest BCUT2D eigenvalue weighted by molar-refractivity contribution is 9.10. The van der Waals surface area contributed by atoms with Gasteiger partial charge in [0.25, 0.3) is 0 Å². The molecule has 4 atom stereocenters. The fraction of sp³-hybridized carbons (Fsp3) is 0.167. The monoisotopic (exact) mass is 430 g/mol. The molecule has 0 aromatic heterocycles. The number of hydrogen-bond acceptors (Lipinski definition) is 3. The summed E-state index contributed by atoms with van der Waals surface area (Å²) in [5, 5.41) is 2.27. The number of carbonyl (C=O) groups excluding carboxylic acids is 2. The minimum atomic E-state index is -0.425. The number of fused-ring (bicyclic) bond motifs is 1. The van der Waals surface area contributed by atoms with E-state index in [1.165, 1.54) is 0 Å². The first-order valence-corrected chi connectivity index (χ1v) is 10.2. The van der Waals surface area contributed by atoms with Crippen LogP contribution in [0.15, 0.2) is 71.2 Å². The molecule has 0 spiro atoms. The van der Waals surface area contributed by atoms with Gasteiger partial charge in [-0.2, -0.15) is 0 Å². The van der Waals surface area contributed by atoms with E-state index in [1.54, 1.807) is 0 Å². The van der Waals surface area contributed by atoms with Crippen LogP contribution in [-0.4, -0.2) is 11.9 Å². The Morgan fingerprint density at radius 3 is 1.96 bits per heavy atom. The topological polar surface area (TPSA) is 43.4 Å². The van der Waals surface area contributed by atoms with Crippen molar-refractivity contribution in [3.8, 4) is 11.1 Å². The summed E-state index contributed by atoms with van der Waals surface area (Å²) in [6.07, 6.45) is 4.18. The molecule has 1 saturated heterocycles. The van der Waals surface area contributed by atoms with E-state index >= 15 is 0 Å². The smallest absolute Gasteiger partial charge is 0.318 e. The summed E-state index contributed by atoms with van der Waals surface area (Å²) in [5.41, 5.74) is 4.55. The van der Waals surface area contributed by atoms with Crippen molar-refractivity contribution in [3.05, 3.63) is 82.3 Å². The molecule has 1 aliphatic heterocycles. The van der Waals surface area contributed by atoms with Gasteiger partial charge < -0.3 is 4.74 Å². The van der Waals surface area contributed by atoms with Crippen LogP contribution in [0.2, 0.25) is 0 Å². The maximum Gasteiger partial charge on any atom is 0.318 e. The summed E-state index contributed by atoms with van der Waals surface area (Å²) in [5.74, 6) is -1.92. The van der Waals surface area contributed by atoms with Crippen LogP contribution in [0.1, 0.15) is 23.0 Å². The lowest BCUT2D eigenvalue weighted by atomic mass is 9.59. The Kier molecular flexibility index (Phi) is 3.28. The average Bonchev–Trinajstić information content (AvgIpc) is 3.05. The number of esters is 2. The molecule has 4 heteroatoms. The lowest BCUT2D eigenvalue weighted by Crippen LogP contribution is -2.37. The molecule has 0 amide bonds. The lowest BCUT2D eigenvalue weighted by Gasteiger charge is -2.42. The van der Waals surface area contributed by atoms with Crippen molar-refractivity contribution in [2.75, 3.05) is 0 Å². The molecule has 1 heterocycles. The molecular weight excluding hydrogens is 416 g/mol. The van der Waals surface area contributed by atoms with Gasteiger partial charge in [-0.1, -0.05) is 66.7 Å². The van der Waals surface area contributed by atoms with Gasteiger partial charge in [0.1, 0.15) is 0 Å². The first-order chi connectivity index (χ1) is 13.7. The van der Waals surface area contributed by atoms with Crippen LogP contribution >= 0.6 is 15.9 Å². The Hall–Kier alpha value is -2.72. The predicted octanol–water partition coefficient (Wildman–Crippen LogP) is 5.34. The summed E-state index contributed by atoms with van der Waals surface area (Å²) in [4.78, 5) is 25.0. The quantitative estimate of drug-likeness (QED) is 0.297. The number of rotatable bonds is 1. The summed E-state index contributed by atoms with van der Waals surface area (Å²) >= 11 is 3.84. The highest BCUT2D eigenvalue weighted by Gasteiger charge is 2.58. The van der Waals surface area contributed by atoms with E-state index in [9.17, 15) is 9.59 Å². The summed E-state index contributed by atoms with van der Waals surface area (Å²) < 4.78 is 6.09. The number of cyclic esters (lactones) is 2. The fourth-order valence-electron chi connectivity index (χ4n) is 5.32. The molecule has 0 radical (unpaired) electrons. The number of benzene rings is 3. The van der Waals surface area contributed by atoms with Crippen LogP contribution in [0.5, 0.6) is 0 Å². The summed E-state index contributed by atoms with van der Waals surface area (Å²) in [7, 11) is 0. The number of allylic oxidation sites excluding steroid dienone is 2. The Balaban J connectivity index is 1.77. The first-order valence-electron chi connectivity index (χ1n) is 9.40. The minimum absolute atomic E-state index is 0.148. The Bertz CT molecular complexity index is 1210. The molecule has 136 valence electrons. The molecule has 0 N–H and O–H groups in total. The van der Waals surface area contributed by atoms with E-state index in [0.717, 1.165) is 37.5 Å². The SMILES string of the molecule is O=C1OC(=O)C2C3C=CC(c4c3c(-c3ccccc3)c3ccccc3c4Br)C12. The van der Waals surface area contributed by atoms with Gasteiger partial charge in [-0.15, -0.1) is 0 Å². The maximum absolute atomic E-state index is 12.5. The van der Waals surface area contributed by atoms with Gasteiger partial charge >= 0.3 is 11.9 Å². The zero-order chi connectivity index (χ0) is 19.0. The van der Waals surface area contributed by atoms with E-state index in [4.69, 9.17) is 4.74 Å². The van der Waals surface area contributed by atoms with E-state index in [0.29, 0.717) is 0 Å². The number of ether oxygens (including phenoxy) is 1. The summed E-state index contributed by atoms with van der Waals surface area (Å²) in [6, 6.07) is 18.6. The number of carbonyl (C=O) groups is 2. The molecule has 28 heavy (non-hydrogen) atoms. The lowest BCUT2D eigenvalue weighted by molar-refractivity contribution is -0.153. The second-order valence-corrected chi connectivity index (χ2v) is 8.45. The second kappa shape index (κ2) is 5.65. The number of halogens is 1. The zero-order valence-electron chi connectivity index (χ0n) is 14.8. The predicted molar refractivity (Wildman–Crippen MR) is 110 cm³/mol. The average molecular weight is 431 g/mol. The van der Waals surface area contributed by atoms with Crippen LogP contribution in [0, 0.1) is 11.8 Å². The highest BCUT2D eigenvalue weighted by atomic mass is 79.9. The third kappa shape index (κ3) is 1.93. The fourth-order valence-corrected chi connectivity index (χ4v) is 6.15. The first kappa shape index (κ1) is 16.3. The van der Waals surface area contributed by atoms with Crippen molar-refractivity contribution in [3.63, 3.8) is 0 Å². The van der Waals surface area contributed by atoms with Gasteiger partial charge in [-0.05, 0) is 49.0 Å². The van der Waals surface area contributed by atoms with E-state index in [2.05, 4.69) is 52.3 Å². The van der Waals surface area contributed by atoms with Crippen LogP contribution in [0.3, 0.4) is 0 Å². The summed E-state index contributed by atoms with van der Waals surface area (Å²) in [6.45, 7) is 0. The molecule has 3 aliphatic carbocycles. The van der Waals surface area contributed by atoms with Crippen molar-refractivity contribution >= 4 is 38.6 Å². The molecule has 2 bridgehead atoms. The molecule has 4 aliphatic rings. The molecule has 3 aromatic rings. The molecule has 4 unspecified atom stereocenters. The third-order valence-electron chi connectivity index (χ3n) is 6.39. The van der Waals surface area contributed by atoms with Crippen molar-refractivity contribution in [1.82, 2.24) is 0 Å². The van der Waals surface area contributed by atoms with Crippen molar-refractivity contribution < 1.29 is 14.3 Å². The Morgan fingerprint density at radius 1 is 0.714 bits per heavy atom. The molecule has 0 saturated carbocycles. The minimum Gasteiger partial charge on any atom is -0.393 e. The van der Waals surface area contributed by atoms with Crippen molar-refractivity contribution in [2.24, 2.45) is 11.8 Å². The van der Waals surface area contributed by atoms with Gasteiger partial charge in [0.2, 0.25) is 0 Å². The molecular formula is C24H15BrO3. The van der Waals surface area contributed by atoms with Gasteiger partial charge in [-0.25, -0.2) is 0 Å². The highest BCUT2D eigenvalue weighted by Crippen LogP contribution is 2.60. The Labute approximate surface area is 170 Å². The van der Waals surface area contributed by atoms with Crippen molar-refractivity contribution in [1.29, 1.82) is 0 Å². The van der Waals surface area contributed by atoms with Crippen LogP contribution in [0.25, 0.3) is 21.9 Å². The van der Waals surface area contributed by atoms with Gasteiger partial charge in [0.05, 0.1) is 11.8 Å². The van der Waals surface area contributed by atoms with Crippen LogP contribution < -0.4 is 0 Å². The van der Waals surface area contributed by atoms with Crippen LogP contribution in [-0.2, 0) is 14.3 Å². The van der Waals surface area contributed by atoms with Gasteiger partial charge in [-0.3, -0.25) is 9.59 Å². The zero-order valence-corrected chi connectivity index (χ0v) is 16.3. The maximum atomic E-state index is 12.5. The third-order valence-corrected chi connectivity index (χ3v) is 7.24. The molecule has 1 fully saturated rings. The van der Waals surface area contributed by atoms with Gasteiger partial charge in [0.15, 0.2) is 0 Å². The van der Waals surface area contributed by atoms with Crippen LogP contribution in [0.4, 0.5) is 0 Å². The standard InChI is InChI=1S/C24H15BrO3/c25-22-14-9-5-4-8-13(14)17(12-6-2-1-3-7-12)18-15-10-11-16(19(18)22)21-20(15)23(26)28-24(21)27/h1-11,15-16,20-21H. The normalized spacial score (nSPS) is 27.0. The Morgan fingerprint density at radius 2 is 1.29 bits per heavy atom. The van der Waals surface area contributed by atoms with Gasteiger partial charge in [0, 0.05) is 16.3 Å². The van der Waals surface area contributed by atoms with E-state index in [1.807, 2.05) is 30.3 Å². The number of hydrogen-bond donors (Lipinski definition) is 0. The molecule has 3 aromatic carbocycles. The second-order valence-electron chi connectivity index (χ2n) is 7.66. The molecule has 7 rings (SSSR count). The van der Waals surface area contributed by atoms with Crippen molar-refractivity contribution in [2.45, 2.75) is 11.8 Å².